The lowest BCUT2D eigenvalue weighted by Gasteiger charge is -2.05. The monoisotopic (exact) mass is 309 g/mol. The summed E-state index contributed by atoms with van der Waals surface area (Å²) in [5.74, 6) is 0.607. The molecule has 0 radical (unpaired) electrons. The van der Waals surface area contributed by atoms with Crippen LogP contribution in [-0.2, 0) is 0 Å². The van der Waals surface area contributed by atoms with Gasteiger partial charge in [0.25, 0.3) is 5.91 Å². The van der Waals surface area contributed by atoms with Gasteiger partial charge in [0.2, 0.25) is 0 Å². The van der Waals surface area contributed by atoms with E-state index in [0.717, 1.165) is 16.2 Å². The lowest BCUT2D eigenvalue weighted by atomic mass is 10.3. The third-order valence-electron chi connectivity index (χ3n) is 3.26. The zero-order valence-corrected chi connectivity index (χ0v) is 12.2. The molecule has 0 aliphatic rings. The molecule has 0 spiro atoms. The van der Waals surface area contributed by atoms with Crippen LogP contribution >= 0.6 is 11.3 Å². The predicted octanol–water partition coefficient (Wildman–Crippen LogP) is 3.91. The number of nitrogens with one attached hydrogen (secondary N) is 1. The number of anilines is 1. The van der Waals surface area contributed by atoms with Crippen LogP contribution in [0.5, 0.6) is 0 Å². The third-order valence-corrected chi connectivity index (χ3v) is 4.14. The number of aromatic nitrogens is 2. The molecule has 0 saturated carbocycles. The SMILES string of the molecule is O=C(Nc1c(-c2cccs2)nc2ccccn12)c1ccco1. The van der Waals surface area contributed by atoms with E-state index in [9.17, 15) is 4.79 Å². The lowest BCUT2D eigenvalue weighted by Crippen LogP contribution is -2.13. The van der Waals surface area contributed by atoms with Gasteiger partial charge in [-0.3, -0.25) is 9.20 Å². The molecule has 22 heavy (non-hydrogen) atoms. The molecule has 108 valence electrons. The first-order valence-corrected chi connectivity index (χ1v) is 7.57. The zero-order chi connectivity index (χ0) is 14.9. The number of hydrogen-bond acceptors (Lipinski definition) is 4. The van der Waals surface area contributed by atoms with Gasteiger partial charge < -0.3 is 9.73 Å². The summed E-state index contributed by atoms with van der Waals surface area (Å²) >= 11 is 1.58. The van der Waals surface area contributed by atoms with Crippen LogP contribution in [0.15, 0.2) is 64.7 Å². The second-order valence-electron chi connectivity index (χ2n) is 4.65. The molecule has 0 aliphatic carbocycles. The highest BCUT2D eigenvalue weighted by Gasteiger charge is 2.18. The normalized spacial score (nSPS) is 10.9. The van der Waals surface area contributed by atoms with E-state index in [2.05, 4.69) is 10.3 Å². The van der Waals surface area contributed by atoms with Crippen molar-refractivity contribution in [3.63, 3.8) is 0 Å². The molecule has 1 N–H and O–H groups in total. The van der Waals surface area contributed by atoms with E-state index >= 15 is 0 Å². The van der Waals surface area contributed by atoms with E-state index < -0.39 is 0 Å². The highest BCUT2D eigenvalue weighted by molar-refractivity contribution is 7.13. The predicted molar refractivity (Wildman–Crippen MR) is 85.2 cm³/mol. The number of carbonyl (C=O) groups excluding carboxylic acids is 1. The Morgan fingerprint density at radius 3 is 2.91 bits per heavy atom. The average Bonchev–Trinajstić information content (AvgIpc) is 3.28. The lowest BCUT2D eigenvalue weighted by molar-refractivity contribution is 0.0996. The number of nitrogens with zero attached hydrogens (tertiary/aromatic N) is 2. The van der Waals surface area contributed by atoms with Gasteiger partial charge in [-0.05, 0) is 35.7 Å². The largest absolute Gasteiger partial charge is 0.459 e. The molecule has 0 aromatic carbocycles. The minimum atomic E-state index is -0.298. The maximum Gasteiger partial charge on any atom is 0.292 e. The van der Waals surface area contributed by atoms with E-state index in [1.165, 1.54) is 6.26 Å². The van der Waals surface area contributed by atoms with Gasteiger partial charge in [0.05, 0.1) is 11.1 Å². The summed E-state index contributed by atoms with van der Waals surface area (Å²) in [6.07, 6.45) is 3.35. The van der Waals surface area contributed by atoms with Crippen LogP contribution in [0.2, 0.25) is 0 Å². The summed E-state index contributed by atoms with van der Waals surface area (Å²) in [5, 5.41) is 4.88. The second kappa shape index (κ2) is 5.16. The Balaban J connectivity index is 1.84. The number of imidazole rings is 1. The number of rotatable bonds is 3. The standard InChI is InChI=1S/C16H11N3O2S/c20-16(11-5-3-9-21-11)18-15-14(12-6-4-10-22-12)17-13-7-1-2-8-19(13)15/h1-10H,(H,18,20). The maximum absolute atomic E-state index is 12.3. The molecule has 4 aromatic heterocycles. The highest BCUT2D eigenvalue weighted by Crippen LogP contribution is 2.32. The van der Waals surface area contributed by atoms with Gasteiger partial charge >= 0.3 is 0 Å². The maximum atomic E-state index is 12.3. The molecule has 4 aromatic rings. The third kappa shape index (κ3) is 2.10. The van der Waals surface area contributed by atoms with Crippen molar-refractivity contribution in [2.24, 2.45) is 0 Å². The molecule has 0 unspecified atom stereocenters. The van der Waals surface area contributed by atoms with Crippen LogP contribution in [0.4, 0.5) is 5.82 Å². The van der Waals surface area contributed by atoms with Gasteiger partial charge in [0.1, 0.15) is 17.2 Å². The Morgan fingerprint density at radius 1 is 1.18 bits per heavy atom. The fourth-order valence-corrected chi connectivity index (χ4v) is 2.99. The van der Waals surface area contributed by atoms with Gasteiger partial charge in [-0.15, -0.1) is 11.3 Å². The van der Waals surface area contributed by atoms with Crippen LogP contribution in [-0.4, -0.2) is 15.3 Å². The summed E-state index contributed by atoms with van der Waals surface area (Å²) in [4.78, 5) is 17.9. The Hall–Kier alpha value is -2.86. The number of pyridine rings is 1. The first-order valence-electron chi connectivity index (χ1n) is 6.69. The van der Waals surface area contributed by atoms with Gasteiger partial charge in [-0.25, -0.2) is 4.98 Å². The first-order chi connectivity index (χ1) is 10.8. The molecule has 0 bridgehead atoms. The van der Waals surface area contributed by atoms with Crippen molar-refractivity contribution in [2.75, 3.05) is 5.32 Å². The van der Waals surface area contributed by atoms with Crippen LogP contribution in [0.1, 0.15) is 10.6 Å². The molecule has 5 nitrogen and oxygen atoms in total. The quantitative estimate of drug-likeness (QED) is 0.624. The minimum Gasteiger partial charge on any atom is -0.459 e. The van der Waals surface area contributed by atoms with Crippen LogP contribution in [0, 0.1) is 0 Å². The second-order valence-corrected chi connectivity index (χ2v) is 5.59. The molecule has 0 atom stereocenters. The fraction of sp³-hybridized carbons (Fsp3) is 0. The molecule has 4 heterocycles. The molecule has 0 fully saturated rings. The Kier molecular flexibility index (Phi) is 3.01. The molecular weight excluding hydrogens is 298 g/mol. The molecule has 1 amide bonds. The van der Waals surface area contributed by atoms with Gasteiger partial charge in [0, 0.05) is 6.20 Å². The van der Waals surface area contributed by atoms with Gasteiger partial charge in [0.15, 0.2) is 5.76 Å². The molecule has 4 rings (SSSR count). The number of carbonyl (C=O) groups is 1. The summed E-state index contributed by atoms with van der Waals surface area (Å²) in [6, 6.07) is 13.0. The Morgan fingerprint density at radius 2 is 2.14 bits per heavy atom. The fourth-order valence-electron chi connectivity index (χ4n) is 2.28. The zero-order valence-electron chi connectivity index (χ0n) is 11.4. The molecule has 6 heteroatoms. The number of hydrogen-bond donors (Lipinski definition) is 1. The van der Waals surface area contributed by atoms with Crippen LogP contribution in [0.25, 0.3) is 16.2 Å². The topological polar surface area (TPSA) is 59.5 Å². The van der Waals surface area contributed by atoms with E-state index in [0.29, 0.717) is 5.82 Å². The Labute approximate surface area is 129 Å². The summed E-state index contributed by atoms with van der Waals surface area (Å²) in [6.45, 7) is 0. The number of amides is 1. The van der Waals surface area contributed by atoms with Crippen molar-refractivity contribution in [1.29, 1.82) is 0 Å². The van der Waals surface area contributed by atoms with Crippen molar-refractivity contribution in [2.45, 2.75) is 0 Å². The molecular formula is C16H11N3O2S. The number of furan rings is 1. The summed E-state index contributed by atoms with van der Waals surface area (Å²) in [7, 11) is 0. The minimum absolute atomic E-state index is 0.267. The first kappa shape index (κ1) is 12.8. The van der Waals surface area contributed by atoms with E-state index in [-0.39, 0.29) is 11.7 Å². The molecule has 0 aliphatic heterocycles. The van der Waals surface area contributed by atoms with Crippen LogP contribution < -0.4 is 5.32 Å². The van der Waals surface area contributed by atoms with Crippen molar-refractivity contribution in [1.82, 2.24) is 9.38 Å². The van der Waals surface area contributed by atoms with E-state index in [1.54, 1.807) is 23.5 Å². The average molecular weight is 309 g/mol. The number of thiophene rings is 1. The Bertz CT molecular complexity index is 924. The van der Waals surface area contributed by atoms with Gasteiger partial charge in [-0.2, -0.15) is 0 Å². The van der Waals surface area contributed by atoms with Crippen LogP contribution in [0.3, 0.4) is 0 Å². The highest BCUT2D eigenvalue weighted by atomic mass is 32.1. The molecule has 0 saturated heterocycles. The number of fused-ring (bicyclic) bond motifs is 1. The smallest absolute Gasteiger partial charge is 0.292 e. The summed E-state index contributed by atoms with van der Waals surface area (Å²) < 4.78 is 7.00. The van der Waals surface area contributed by atoms with Crippen molar-refractivity contribution >= 4 is 28.7 Å². The van der Waals surface area contributed by atoms with Crippen molar-refractivity contribution in [3.05, 3.63) is 66.1 Å². The van der Waals surface area contributed by atoms with Crippen molar-refractivity contribution < 1.29 is 9.21 Å². The van der Waals surface area contributed by atoms with Crippen molar-refractivity contribution in [3.8, 4) is 10.6 Å². The van der Waals surface area contributed by atoms with E-state index in [1.807, 2.05) is 46.3 Å². The summed E-state index contributed by atoms with van der Waals surface area (Å²) in [5.41, 5.74) is 1.53. The van der Waals surface area contributed by atoms with Gasteiger partial charge in [-0.1, -0.05) is 12.1 Å². The van der Waals surface area contributed by atoms with E-state index in [4.69, 9.17) is 4.42 Å².